The van der Waals surface area contributed by atoms with Crippen molar-refractivity contribution in [1.82, 2.24) is 29.5 Å². The first kappa shape index (κ1) is 24.7. The zero-order chi connectivity index (χ0) is 28.2. The second kappa shape index (κ2) is 9.02. The Morgan fingerprint density at radius 2 is 1.95 bits per heavy atom. The minimum atomic E-state index is -0.861. The highest BCUT2D eigenvalue weighted by molar-refractivity contribution is 5.82. The van der Waals surface area contributed by atoms with Crippen molar-refractivity contribution in [3.8, 4) is 17.6 Å². The Morgan fingerprint density at radius 3 is 2.67 bits per heavy atom. The Balaban J connectivity index is 1.46. The molecule has 0 bridgehead atoms. The molecule has 1 aliphatic heterocycles. The van der Waals surface area contributed by atoms with Crippen LogP contribution >= 0.6 is 0 Å². The number of nitriles is 1. The summed E-state index contributed by atoms with van der Waals surface area (Å²) in [6, 6.07) is 10.6. The van der Waals surface area contributed by atoms with Crippen LogP contribution in [0.3, 0.4) is 0 Å². The van der Waals surface area contributed by atoms with Crippen LogP contribution in [-0.2, 0) is 11.8 Å². The molecular weight excluding hydrogens is 514 g/mol. The largest absolute Gasteiger partial charge is 0.383 e. The highest BCUT2D eigenvalue weighted by Gasteiger charge is 2.43. The van der Waals surface area contributed by atoms with Crippen molar-refractivity contribution in [3.63, 3.8) is 0 Å². The van der Waals surface area contributed by atoms with Gasteiger partial charge < -0.3 is 16.5 Å². The lowest BCUT2D eigenvalue weighted by atomic mass is 9.75. The van der Waals surface area contributed by atoms with Crippen LogP contribution in [0.1, 0.15) is 40.4 Å². The second-order valence-electron chi connectivity index (χ2n) is 9.50. The average molecular weight is 535 g/mol. The van der Waals surface area contributed by atoms with Crippen molar-refractivity contribution in [2.75, 3.05) is 11.1 Å². The molecule has 40 heavy (non-hydrogen) atoms. The quantitative estimate of drug-likeness (QED) is 0.284. The number of nitrogens with zero attached hydrogens (tertiary/aromatic N) is 7. The van der Waals surface area contributed by atoms with Gasteiger partial charge in [-0.05, 0) is 36.2 Å². The van der Waals surface area contributed by atoms with Gasteiger partial charge in [-0.15, -0.1) is 0 Å². The number of anilines is 2. The number of nitrogens with one attached hydrogen (secondary N) is 2. The molecule has 2 aromatic carbocycles. The third-order valence-corrected chi connectivity index (χ3v) is 7.07. The van der Waals surface area contributed by atoms with Crippen LogP contribution in [0.25, 0.3) is 17.2 Å². The molecule has 0 aliphatic carbocycles. The number of benzene rings is 2. The van der Waals surface area contributed by atoms with E-state index in [2.05, 4.69) is 38.0 Å². The first-order valence-corrected chi connectivity index (χ1v) is 12.1. The number of allylic oxidation sites excluding steroid dienone is 1. The van der Waals surface area contributed by atoms with Crippen molar-refractivity contribution in [2.45, 2.75) is 18.8 Å². The third kappa shape index (κ3) is 3.83. The summed E-state index contributed by atoms with van der Waals surface area (Å²) in [5, 5.41) is 24.5. The van der Waals surface area contributed by atoms with E-state index in [1.54, 1.807) is 18.3 Å². The van der Waals surface area contributed by atoms with Crippen molar-refractivity contribution in [3.05, 3.63) is 106 Å². The van der Waals surface area contributed by atoms with Crippen LogP contribution in [0.15, 0.2) is 61.2 Å². The van der Waals surface area contributed by atoms with E-state index in [0.717, 1.165) is 17.8 Å². The molecule has 1 unspecified atom stereocenters. The molecule has 4 heterocycles. The van der Waals surface area contributed by atoms with Gasteiger partial charge in [-0.3, -0.25) is 0 Å². The molecule has 12 heteroatoms. The van der Waals surface area contributed by atoms with E-state index in [1.165, 1.54) is 23.0 Å². The molecule has 1 atom stereocenters. The molecule has 0 saturated carbocycles. The molecule has 0 saturated heterocycles. The molecule has 196 valence electrons. The zero-order valence-corrected chi connectivity index (χ0v) is 21.1. The van der Waals surface area contributed by atoms with Gasteiger partial charge in [0.15, 0.2) is 11.5 Å². The molecule has 0 amide bonds. The summed E-state index contributed by atoms with van der Waals surface area (Å²) in [7, 11) is 0. The van der Waals surface area contributed by atoms with Gasteiger partial charge >= 0.3 is 0 Å². The van der Waals surface area contributed by atoms with Gasteiger partial charge in [0, 0.05) is 30.0 Å². The highest BCUT2D eigenvalue weighted by Crippen LogP contribution is 2.49. The third-order valence-electron chi connectivity index (χ3n) is 7.07. The van der Waals surface area contributed by atoms with E-state index in [1.807, 2.05) is 13.0 Å². The Kier molecular flexibility index (Phi) is 5.58. The lowest BCUT2D eigenvalue weighted by molar-refractivity contribution is 0.580. The fraction of sp³-hybridized carbons (Fsp3) is 0.107. The van der Waals surface area contributed by atoms with E-state index in [9.17, 15) is 14.0 Å². The number of hydrogen-bond acceptors (Lipinski definition) is 9. The maximum Gasteiger partial charge on any atom is 0.183 e. The fourth-order valence-corrected chi connectivity index (χ4v) is 5.03. The number of hydrogen-bond donors (Lipinski definition) is 3. The van der Waals surface area contributed by atoms with Gasteiger partial charge in [-0.2, -0.15) is 10.4 Å². The van der Waals surface area contributed by atoms with Crippen LogP contribution < -0.4 is 11.1 Å². The van der Waals surface area contributed by atoms with Gasteiger partial charge in [0.05, 0.1) is 34.5 Å². The lowest BCUT2D eigenvalue weighted by Crippen LogP contribution is -2.25. The normalized spacial score (nSPS) is 16.0. The molecule has 3 aromatic heterocycles. The number of aromatic nitrogens is 6. The Labute approximate surface area is 226 Å². The lowest BCUT2D eigenvalue weighted by Gasteiger charge is -2.27. The van der Waals surface area contributed by atoms with Crippen molar-refractivity contribution in [2.24, 2.45) is 0 Å². The average Bonchev–Trinajstić information content (AvgIpc) is 3.50. The predicted molar refractivity (Wildman–Crippen MR) is 144 cm³/mol. The summed E-state index contributed by atoms with van der Waals surface area (Å²) in [6.07, 6.45) is 4.16. The first-order chi connectivity index (χ1) is 19.2. The summed E-state index contributed by atoms with van der Waals surface area (Å²) < 4.78 is 29.2. The minimum absolute atomic E-state index is 0.0885. The molecule has 0 spiro atoms. The molecule has 0 radical (unpaired) electrons. The summed E-state index contributed by atoms with van der Waals surface area (Å²) >= 11 is 0. The molecule has 1 aliphatic rings. The maximum atomic E-state index is 13.8. The van der Waals surface area contributed by atoms with Crippen molar-refractivity contribution >= 4 is 23.5 Å². The van der Waals surface area contributed by atoms with E-state index in [-0.39, 0.29) is 18.1 Å². The van der Waals surface area contributed by atoms with Crippen LogP contribution in [-0.4, -0.2) is 35.8 Å². The summed E-state index contributed by atoms with van der Waals surface area (Å²) in [4.78, 5) is 18.1. The summed E-state index contributed by atoms with van der Waals surface area (Å²) in [5.41, 5.74) is 9.95. The Morgan fingerprint density at radius 1 is 1.18 bits per heavy atom. The number of rotatable bonds is 5. The van der Waals surface area contributed by atoms with Gasteiger partial charge in [0.2, 0.25) is 0 Å². The second-order valence-corrected chi connectivity index (χ2v) is 9.50. The maximum absolute atomic E-state index is 13.8. The topological polar surface area (TPSA) is 155 Å². The van der Waals surface area contributed by atoms with Gasteiger partial charge in [-0.1, -0.05) is 18.7 Å². The zero-order valence-electron chi connectivity index (χ0n) is 21.1. The van der Waals surface area contributed by atoms with E-state index in [0.29, 0.717) is 50.8 Å². The predicted octanol–water partition coefficient (Wildman–Crippen LogP) is 4.15. The molecule has 5 aromatic rings. The van der Waals surface area contributed by atoms with Crippen molar-refractivity contribution < 1.29 is 8.78 Å². The van der Waals surface area contributed by atoms with E-state index >= 15 is 0 Å². The minimum Gasteiger partial charge on any atom is -0.383 e. The molecular formula is C28H20F2N10. The van der Waals surface area contributed by atoms with Gasteiger partial charge in [0.1, 0.15) is 35.3 Å². The molecule has 0 fully saturated rings. The fourth-order valence-electron chi connectivity index (χ4n) is 5.03. The van der Waals surface area contributed by atoms with Crippen LogP contribution in [0.2, 0.25) is 0 Å². The highest BCUT2D eigenvalue weighted by atomic mass is 19.1. The van der Waals surface area contributed by atoms with Crippen molar-refractivity contribution in [1.29, 1.82) is 10.7 Å². The smallest absolute Gasteiger partial charge is 0.183 e. The summed E-state index contributed by atoms with van der Waals surface area (Å²) in [5.74, 6) is -0.581. The van der Waals surface area contributed by atoms with Crippen LogP contribution in [0.5, 0.6) is 0 Å². The van der Waals surface area contributed by atoms with Crippen LogP contribution in [0, 0.1) is 28.4 Å². The molecule has 4 N–H and O–H groups in total. The monoisotopic (exact) mass is 534 g/mol. The summed E-state index contributed by atoms with van der Waals surface area (Å²) in [6.45, 7) is 6.09. The Bertz CT molecular complexity index is 1900. The first-order valence-electron chi connectivity index (χ1n) is 12.1. The van der Waals surface area contributed by atoms with Crippen LogP contribution in [0.4, 0.5) is 20.4 Å². The van der Waals surface area contributed by atoms with E-state index in [4.69, 9.17) is 16.1 Å². The Hall–Kier alpha value is -5.57. The SMILES string of the molecule is C=C1Nc2nc(-c3cn4ncnc4c(Cc4cc(F)cc(F)c4)n3)nc(N)c2C1(C)c1ccc(C=N)c(C#N)c1. The number of nitrogens with two attached hydrogens (primary N) is 1. The number of nitrogen functional groups attached to an aromatic ring is 1. The van der Waals surface area contributed by atoms with E-state index < -0.39 is 17.0 Å². The van der Waals surface area contributed by atoms with Gasteiger partial charge in [-0.25, -0.2) is 33.2 Å². The molecule has 10 nitrogen and oxygen atoms in total. The standard InChI is InChI=1S/C28H20F2N10/c1-14-28(2,18-4-3-16(10-31)17(8-18)11-32)23-24(33)38-25(39-26(23)36-14)22-12-40-27(34-13-35-40)21(37-22)7-15-5-19(29)9-20(30)6-15/h3-6,8-10,12-13,31H,1,7H2,2H3,(H3,33,36,38,39). The number of halogens is 2. The van der Waals surface area contributed by atoms with Gasteiger partial charge in [0.25, 0.3) is 0 Å². The number of fused-ring (bicyclic) bond motifs is 2. The molecule has 6 rings (SSSR count).